The molecule has 0 N–H and O–H groups in total. The van der Waals surface area contributed by atoms with Gasteiger partial charge in [0.05, 0.1) is 16.5 Å². The van der Waals surface area contributed by atoms with Crippen molar-refractivity contribution < 1.29 is 17.5 Å². The minimum atomic E-state index is -3.65. The third-order valence-electron chi connectivity index (χ3n) is 3.18. The van der Waals surface area contributed by atoms with Crippen LogP contribution in [-0.4, -0.2) is 39.0 Å². The van der Waals surface area contributed by atoms with Gasteiger partial charge in [0.15, 0.2) is 0 Å². The van der Waals surface area contributed by atoms with Crippen molar-refractivity contribution in [1.82, 2.24) is 4.31 Å². The number of sulfonamides is 1. The Morgan fingerprint density at radius 1 is 1.53 bits per heavy atom. The molecule has 1 fully saturated rings. The van der Waals surface area contributed by atoms with Crippen molar-refractivity contribution >= 4 is 21.6 Å². The van der Waals surface area contributed by atoms with E-state index in [1.807, 2.05) is 0 Å². The van der Waals surface area contributed by atoms with Gasteiger partial charge in [-0.25, -0.2) is 12.8 Å². The number of ether oxygens (including phenoxy) is 1. The van der Waals surface area contributed by atoms with Gasteiger partial charge in [-0.1, -0.05) is 11.6 Å². The molecule has 1 aromatic rings. The third-order valence-corrected chi connectivity index (χ3v) is 5.42. The Morgan fingerprint density at radius 2 is 2.26 bits per heavy atom. The summed E-state index contributed by atoms with van der Waals surface area (Å²) in [5, 5.41) is -0.191. The SMILES string of the molecule is COCC1CCCN1S(=O)(=O)c1ccc(F)c(Cl)c1. The first-order valence-electron chi connectivity index (χ1n) is 5.92. The van der Waals surface area contributed by atoms with E-state index in [1.54, 1.807) is 0 Å². The molecule has 0 saturated carbocycles. The van der Waals surface area contributed by atoms with Gasteiger partial charge in [-0.15, -0.1) is 0 Å². The molecule has 1 heterocycles. The molecule has 7 heteroatoms. The number of benzene rings is 1. The highest BCUT2D eigenvalue weighted by Gasteiger charge is 2.35. The number of rotatable bonds is 4. The molecule has 0 radical (unpaired) electrons. The van der Waals surface area contributed by atoms with Crippen molar-refractivity contribution in [3.8, 4) is 0 Å². The van der Waals surface area contributed by atoms with Crippen LogP contribution < -0.4 is 0 Å². The van der Waals surface area contributed by atoms with Crippen molar-refractivity contribution in [2.75, 3.05) is 20.3 Å². The van der Waals surface area contributed by atoms with E-state index >= 15 is 0 Å². The smallest absolute Gasteiger partial charge is 0.243 e. The summed E-state index contributed by atoms with van der Waals surface area (Å²) in [6.07, 6.45) is 1.56. The van der Waals surface area contributed by atoms with E-state index in [0.717, 1.165) is 25.0 Å². The standard InChI is InChI=1S/C12H15ClFNO3S/c1-18-8-9-3-2-6-15(9)19(16,17)10-4-5-12(14)11(13)7-10/h4-5,7,9H,2-3,6,8H2,1H3. The van der Waals surface area contributed by atoms with Gasteiger partial charge in [-0.2, -0.15) is 4.31 Å². The lowest BCUT2D eigenvalue weighted by Crippen LogP contribution is -2.38. The van der Waals surface area contributed by atoms with Crippen molar-refractivity contribution in [3.63, 3.8) is 0 Å². The zero-order chi connectivity index (χ0) is 14.0. The van der Waals surface area contributed by atoms with Gasteiger partial charge in [0.25, 0.3) is 0 Å². The lowest BCUT2D eigenvalue weighted by Gasteiger charge is -2.23. The minimum Gasteiger partial charge on any atom is -0.383 e. The summed E-state index contributed by atoms with van der Waals surface area (Å²) in [6.45, 7) is 0.805. The molecular formula is C12H15ClFNO3S. The molecule has 0 bridgehead atoms. The van der Waals surface area contributed by atoms with E-state index in [0.29, 0.717) is 13.2 Å². The molecule has 0 aliphatic carbocycles. The van der Waals surface area contributed by atoms with Crippen LogP contribution in [0.1, 0.15) is 12.8 Å². The van der Waals surface area contributed by atoms with Crippen LogP contribution >= 0.6 is 11.6 Å². The fraction of sp³-hybridized carbons (Fsp3) is 0.500. The summed E-state index contributed by atoms with van der Waals surface area (Å²) in [5.41, 5.74) is 0. The van der Waals surface area contributed by atoms with Gasteiger partial charge in [-0.05, 0) is 31.0 Å². The Morgan fingerprint density at radius 3 is 2.89 bits per heavy atom. The van der Waals surface area contributed by atoms with Gasteiger partial charge in [0.1, 0.15) is 5.82 Å². The van der Waals surface area contributed by atoms with Gasteiger partial charge >= 0.3 is 0 Å². The maximum atomic E-state index is 13.1. The maximum absolute atomic E-state index is 13.1. The summed E-state index contributed by atoms with van der Waals surface area (Å²) < 4.78 is 44.5. The first kappa shape index (κ1) is 14.7. The normalized spacial score (nSPS) is 20.9. The van der Waals surface area contributed by atoms with E-state index in [2.05, 4.69) is 0 Å². The number of halogens is 2. The lowest BCUT2D eigenvalue weighted by atomic mass is 10.2. The molecule has 4 nitrogen and oxygen atoms in total. The molecule has 1 saturated heterocycles. The Balaban J connectivity index is 2.33. The molecular weight excluding hydrogens is 293 g/mol. The van der Waals surface area contributed by atoms with E-state index in [1.165, 1.54) is 17.5 Å². The van der Waals surface area contributed by atoms with E-state index < -0.39 is 15.8 Å². The molecule has 0 amide bonds. The highest BCUT2D eigenvalue weighted by Crippen LogP contribution is 2.28. The van der Waals surface area contributed by atoms with Crippen LogP contribution in [0.3, 0.4) is 0 Å². The van der Waals surface area contributed by atoms with Crippen molar-refractivity contribution in [2.45, 2.75) is 23.8 Å². The zero-order valence-corrected chi connectivity index (χ0v) is 12.0. The lowest BCUT2D eigenvalue weighted by molar-refractivity contribution is 0.149. The van der Waals surface area contributed by atoms with E-state index in [4.69, 9.17) is 16.3 Å². The fourth-order valence-corrected chi connectivity index (χ4v) is 4.21. The molecule has 1 unspecified atom stereocenters. The number of hydrogen-bond acceptors (Lipinski definition) is 3. The average molecular weight is 308 g/mol. The molecule has 1 aliphatic rings. The maximum Gasteiger partial charge on any atom is 0.243 e. The van der Waals surface area contributed by atoms with Gasteiger partial charge in [-0.3, -0.25) is 0 Å². The molecule has 2 rings (SSSR count). The first-order chi connectivity index (χ1) is 8.96. The Labute approximate surface area is 117 Å². The van der Waals surface area contributed by atoms with Crippen LogP contribution in [0.2, 0.25) is 5.02 Å². The molecule has 1 aliphatic heterocycles. The third kappa shape index (κ3) is 2.91. The number of nitrogens with zero attached hydrogens (tertiary/aromatic N) is 1. The van der Waals surface area contributed by atoms with Gasteiger partial charge in [0.2, 0.25) is 10.0 Å². The summed E-state index contributed by atoms with van der Waals surface area (Å²) in [5.74, 6) is -0.629. The Hall–Kier alpha value is -0.690. The second kappa shape index (κ2) is 5.75. The molecule has 1 aromatic carbocycles. The molecule has 0 aromatic heterocycles. The van der Waals surface area contributed by atoms with Crippen LogP contribution in [0.15, 0.2) is 23.1 Å². The molecule has 0 spiro atoms. The zero-order valence-electron chi connectivity index (χ0n) is 10.5. The molecule has 19 heavy (non-hydrogen) atoms. The minimum absolute atomic E-state index is 0.0157. The van der Waals surface area contributed by atoms with Crippen molar-refractivity contribution in [2.24, 2.45) is 0 Å². The number of methoxy groups -OCH3 is 1. The van der Waals surface area contributed by atoms with Crippen LogP contribution in [0.5, 0.6) is 0 Å². The second-order valence-electron chi connectivity index (χ2n) is 4.44. The first-order valence-corrected chi connectivity index (χ1v) is 7.74. The summed E-state index contributed by atoms with van der Waals surface area (Å²) in [4.78, 5) is 0.0157. The highest BCUT2D eigenvalue weighted by atomic mass is 35.5. The summed E-state index contributed by atoms with van der Waals surface area (Å²) >= 11 is 5.64. The largest absolute Gasteiger partial charge is 0.383 e. The monoisotopic (exact) mass is 307 g/mol. The Bertz CT molecular complexity index is 564. The quantitative estimate of drug-likeness (QED) is 0.857. The van der Waals surface area contributed by atoms with Crippen LogP contribution in [0, 0.1) is 5.82 Å². The topological polar surface area (TPSA) is 46.6 Å². The van der Waals surface area contributed by atoms with Crippen molar-refractivity contribution in [1.29, 1.82) is 0 Å². The molecule has 106 valence electrons. The molecule has 1 atom stereocenters. The highest BCUT2D eigenvalue weighted by molar-refractivity contribution is 7.89. The number of hydrogen-bond donors (Lipinski definition) is 0. The van der Waals surface area contributed by atoms with E-state index in [-0.39, 0.29) is 16.0 Å². The average Bonchev–Trinajstić information content (AvgIpc) is 2.82. The predicted octanol–water partition coefficient (Wildman–Crippen LogP) is 2.28. The predicted molar refractivity (Wildman–Crippen MR) is 70.2 cm³/mol. The van der Waals surface area contributed by atoms with Crippen molar-refractivity contribution in [3.05, 3.63) is 29.0 Å². The van der Waals surface area contributed by atoms with Crippen LogP contribution in [0.25, 0.3) is 0 Å². The van der Waals surface area contributed by atoms with Gasteiger partial charge in [0, 0.05) is 19.7 Å². The van der Waals surface area contributed by atoms with Gasteiger partial charge < -0.3 is 4.74 Å². The summed E-state index contributed by atoms with van der Waals surface area (Å²) in [6, 6.07) is 3.28. The fourth-order valence-electron chi connectivity index (χ4n) is 2.26. The van der Waals surface area contributed by atoms with E-state index in [9.17, 15) is 12.8 Å². The Kier molecular flexibility index (Phi) is 4.45. The van der Waals surface area contributed by atoms with Crippen LogP contribution in [0.4, 0.5) is 4.39 Å². The summed E-state index contributed by atoms with van der Waals surface area (Å²) in [7, 11) is -2.11. The second-order valence-corrected chi connectivity index (χ2v) is 6.74. The van der Waals surface area contributed by atoms with Crippen LogP contribution in [-0.2, 0) is 14.8 Å².